The van der Waals surface area contributed by atoms with E-state index in [1.807, 2.05) is 6.07 Å². The molecule has 1 fully saturated rings. The molecule has 0 spiro atoms. The number of nitrogens with zero attached hydrogens (tertiary/aromatic N) is 2. The molecule has 0 unspecified atom stereocenters. The Morgan fingerprint density at radius 1 is 1.12 bits per heavy atom. The van der Waals surface area contributed by atoms with Gasteiger partial charge in [0.2, 0.25) is 5.91 Å². The van der Waals surface area contributed by atoms with Gasteiger partial charge in [0.25, 0.3) is 0 Å². The van der Waals surface area contributed by atoms with E-state index in [9.17, 15) is 4.79 Å². The van der Waals surface area contributed by atoms with Gasteiger partial charge in [0.05, 0.1) is 6.04 Å². The Morgan fingerprint density at radius 2 is 1.88 bits per heavy atom. The van der Waals surface area contributed by atoms with Crippen LogP contribution < -0.4 is 5.32 Å². The maximum Gasteiger partial charge on any atom is 0.220 e. The van der Waals surface area contributed by atoms with Gasteiger partial charge in [-0.2, -0.15) is 0 Å². The van der Waals surface area contributed by atoms with Crippen LogP contribution in [0.4, 0.5) is 0 Å². The minimum Gasteiger partial charge on any atom is -0.354 e. The van der Waals surface area contributed by atoms with Crippen LogP contribution in [0.2, 0.25) is 0 Å². The van der Waals surface area contributed by atoms with Crippen molar-refractivity contribution in [2.24, 2.45) is 0 Å². The molecule has 2 heterocycles. The van der Waals surface area contributed by atoms with Gasteiger partial charge in [-0.3, -0.25) is 9.69 Å². The van der Waals surface area contributed by atoms with Gasteiger partial charge < -0.3 is 10.2 Å². The number of nitrogens with one attached hydrogen (secondary N) is 1. The van der Waals surface area contributed by atoms with E-state index in [1.165, 1.54) is 10.4 Å². The van der Waals surface area contributed by atoms with Crippen LogP contribution in [0, 0.1) is 0 Å². The lowest BCUT2D eigenvalue weighted by Gasteiger charge is -2.37. The summed E-state index contributed by atoms with van der Waals surface area (Å²) in [6.07, 6.45) is 2.45. The number of likely N-dealkylation sites (N-methyl/N-ethyl adjacent to an activating group) is 1. The molecule has 1 N–H and O–H groups in total. The van der Waals surface area contributed by atoms with E-state index in [1.54, 1.807) is 11.3 Å². The Balaban J connectivity index is 1.47. The van der Waals surface area contributed by atoms with E-state index in [2.05, 4.69) is 63.9 Å². The lowest BCUT2D eigenvalue weighted by atomic mass is 10.1. The van der Waals surface area contributed by atoms with Crippen molar-refractivity contribution < 1.29 is 4.79 Å². The van der Waals surface area contributed by atoms with Crippen molar-refractivity contribution in [3.05, 3.63) is 58.3 Å². The molecule has 1 amide bonds. The highest BCUT2D eigenvalue weighted by Gasteiger charge is 2.24. The summed E-state index contributed by atoms with van der Waals surface area (Å²) in [6, 6.07) is 15.0. The van der Waals surface area contributed by atoms with E-state index in [0.717, 1.165) is 39.0 Å². The van der Waals surface area contributed by atoms with Crippen LogP contribution in [0.3, 0.4) is 0 Å². The molecule has 1 aromatic carbocycles. The molecule has 1 saturated heterocycles. The van der Waals surface area contributed by atoms with Crippen molar-refractivity contribution in [3.8, 4) is 0 Å². The fourth-order valence-electron chi connectivity index (χ4n) is 3.42. The Bertz CT molecular complexity index is 651. The minimum atomic E-state index is 0.164. The molecule has 26 heavy (non-hydrogen) atoms. The van der Waals surface area contributed by atoms with E-state index in [-0.39, 0.29) is 5.91 Å². The average molecular weight is 372 g/mol. The van der Waals surface area contributed by atoms with Gasteiger partial charge in [0.15, 0.2) is 0 Å². The minimum absolute atomic E-state index is 0.164. The fourth-order valence-corrected chi connectivity index (χ4v) is 4.28. The molecule has 5 heteroatoms. The summed E-state index contributed by atoms with van der Waals surface area (Å²) in [5, 5.41) is 5.30. The molecule has 0 radical (unpaired) electrons. The van der Waals surface area contributed by atoms with Crippen molar-refractivity contribution in [1.82, 2.24) is 15.1 Å². The van der Waals surface area contributed by atoms with E-state index in [4.69, 9.17) is 0 Å². The Kier molecular flexibility index (Phi) is 7.23. The molecule has 1 aliphatic heterocycles. The van der Waals surface area contributed by atoms with E-state index in [0.29, 0.717) is 19.0 Å². The normalized spacial score (nSPS) is 17.1. The third-order valence-electron chi connectivity index (χ3n) is 5.05. The van der Waals surface area contributed by atoms with Gasteiger partial charge in [-0.1, -0.05) is 36.4 Å². The molecule has 1 aliphatic rings. The number of carbonyl (C=O) groups excluding carboxylic acids is 1. The van der Waals surface area contributed by atoms with Gasteiger partial charge in [-0.25, -0.2) is 0 Å². The SMILES string of the molecule is CN1CCN([C@@H](CNC(=O)CCCc2ccccc2)c2cccs2)CC1. The van der Waals surface area contributed by atoms with Gasteiger partial charge in [-0.15, -0.1) is 11.3 Å². The Morgan fingerprint density at radius 3 is 2.58 bits per heavy atom. The highest BCUT2D eigenvalue weighted by Crippen LogP contribution is 2.25. The van der Waals surface area contributed by atoms with Crippen LogP contribution in [0.15, 0.2) is 47.8 Å². The molecule has 4 nitrogen and oxygen atoms in total. The zero-order valence-electron chi connectivity index (χ0n) is 15.6. The summed E-state index contributed by atoms with van der Waals surface area (Å²) in [6.45, 7) is 5.00. The fraction of sp³-hybridized carbons (Fsp3) is 0.476. The largest absolute Gasteiger partial charge is 0.354 e. The van der Waals surface area contributed by atoms with Crippen molar-refractivity contribution in [2.45, 2.75) is 25.3 Å². The predicted molar refractivity (Wildman–Crippen MR) is 109 cm³/mol. The Hall–Kier alpha value is -1.69. The number of aryl methyl sites for hydroxylation is 1. The van der Waals surface area contributed by atoms with Crippen molar-refractivity contribution in [3.63, 3.8) is 0 Å². The molecule has 0 bridgehead atoms. The van der Waals surface area contributed by atoms with E-state index < -0.39 is 0 Å². The zero-order chi connectivity index (χ0) is 18.2. The summed E-state index contributed by atoms with van der Waals surface area (Å²) in [5.74, 6) is 0.164. The monoisotopic (exact) mass is 371 g/mol. The molecule has 0 saturated carbocycles. The lowest BCUT2D eigenvalue weighted by Crippen LogP contribution is -2.48. The summed E-state index contributed by atoms with van der Waals surface area (Å²) in [5.41, 5.74) is 1.30. The van der Waals surface area contributed by atoms with Gasteiger partial charge in [-0.05, 0) is 36.9 Å². The molecule has 140 valence electrons. The highest BCUT2D eigenvalue weighted by molar-refractivity contribution is 7.10. The van der Waals surface area contributed by atoms with Crippen LogP contribution in [0.1, 0.15) is 29.3 Å². The van der Waals surface area contributed by atoms with Crippen molar-refractivity contribution >= 4 is 17.2 Å². The summed E-state index contributed by atoms with van der Waals surface area (Å²) < 4.78 is 0. The second-order valence-corrected chi connectivity index (χ2v) is 7.99. The summed E-state index contributed by atoms with van der Waals surface area (Å²) in [7, 11) is 2.17. The molecule has 1 aromatic heterocycles. The first-order chi connectivity index (χ1) is 12.7. The standard InChI is InChI=1S/C21H29N3OS/c1-23-12-14-24(15-13-23)19(20-10-6-16-26-20)17-22-21(25)11-5-9-18-7-3-2-4-8-18/h2-4,6-8,10,16,19H,5,9,11-15,17H2,1H3,(H,22,25)/t19-/m0/s1. The molecule has 0 aliphatic carbocycles. The van der Waals surface area contributed by atoms with Crippen LogP contribution in [-0.4, -0.2) is 55.5 Å². The molecular formula is C21H29N3OS. The number of amides is 1. The summed E-state index contributed by atoms with van der Waals surface area (Å²) in [4.78, 5) is 18.5. The van der Waals surface area contributed by atoms with Crippen molar-refractivity contribution in [1.29, 1.82) is 0 Å². The first-order valence-electron chi connectivity index (χ1n) is 9.49. The predicted octanol–water partition coefficient (Wildman–Crippen LogP) is 3.18. The number of hydrogen-bond donors (Lipinski definition) is 1. The molecule has 3 rings (SSSR count). The summed E-state index contributed by atoms with van der Waals surface area (Å²) >= 11 is 1.79. The average Bonchev–Trinajstić information content (AvgIpc) is 3.19. The van der Waals surface area contributed by atoms with Crippen LogP contribution >= 0.6 is 11.3 Å². The maximum atomic E-state index is 12.3. The first kappa shape index (κ1) is 19.1. The van der Waals surface area contributed by atoms with E-state index >= 15 is 0 Å². The maximum absolute atomic E-state index is 12.3. The number of benzene rings is 1. The number of thiophene rings is 1. The van der Waals surface area contributed by atoms with Crippen LogP contribution in [-0.2, 0) is 11.2 Å². The molecular weight excluding hydrogens is 342 g/mol. The van der Waals surface area contributed by atoms with Gasteiger partial charge in [0.1, 0.15) is 0 Å². The molecule has 2 aromatic rings. The van der Waals surface area contributed by atoms with Gasteiger partial charge >= 0.3 is 0 Å². The van der Waals surface area contributed by atoms with Crippen molar-refractivity contribution in [2.75, 3.05) is 39.8 Å². The first-order valence-corrected chi connectivity index (χ1v) is 10.4. The second kappa shape index (κ2) is 9.86. The quantitative estimate of drug-likeness (QED) is 0.774. The third-order valence-corrected chi connectivity index (χ3v) is 6.03. The smallest absolute Gasteiger partial charge is 0.220 e. The third kappa shape index (κ3) is 5.66. The van der Waals surface area contributed by atoms with Gasteiger partial charge in [0, 0.05) is 44.0 Å². The van der Waals surface area contributed by atoms with Crippen LogP contribution in [0.5, 0.6) is 0 Å². The number of carbonyl (C=O) groups is 1. The second-order valence-electron chi connectivity index (χ2n) is 7.01. The Labute approximate surface area is 160 Å². The number of piperazine rings is 1. The molecule has 1 atom stereocenters. The topological polar surface area (TPSA) is 35.6 Å². The zero-order valence-corrected chi connectivity index (χ0v) is 16.4. The highest BCUT2D eigenvalue weighted by atomic mass is 32.1. The number of rotatable bonds is 8. The number of hydrogen-bond acceptors (Lipinski definition) is 4. The van der Waals surface area contributed by atoms with Crippen LogP contribution in [0.25, 0.3) is 0 Å². The lowest BCUT2D eigenvalue weighted by molar-refractivity contribution is -0.121.